The summed E-state index contributed by atoms with van der Waals surface area (Å²) in [6.45, 7) is 0. The topological polar surface area (TPSA) is 41.6 Å². The summed E-state index contributed by atoms with van der Waals surface area (Å²) in [6.07, 6.45) is -0.109. The van der Waals surface area contributed by atoms with Gasteiger partial charge in [-0.2, -0.15) is 0 Å². The van der Waals surface area contributed by atoms with Crippen molar-refractivity contribution in [2.45, 2.75) is 63.0 Å². The third-order valence-corrected chi connectivity index (χ3v) is 5.20. The van der Waals surface area contributed by atoms with Gasteiger partial charge < -0.3 is 15.0 Å². The lowest BCUT2D eigenvalue weighted by Gasteiger charge is -2.35. The molecule has 2 fully saturated rings. The molecular formula is C18H23F3N2O2. The Hall–Kier alpha value is -1.76. The highest BCUT2D eigenvalue weighted by molar-refractivity contribution is 5.76. The van der Waals surface area contributed by atoms with Gasteiger partial charge in [-0.3, -0.25) is 4.79 Å². The zero-order valence-electron chi connectivity index (χ0n) is 14.2. The fourth-order valence-electron chi connectivity index (χ4n) is 3.90. The summed E-state index contributed by atoms with van der Waals surface area (Å²) in [5.41, 5.74) is 0.395. The minimum absolute atomic E-state index is 0.0342. The third-order valence-electron chi connectivity index (χ3n) is 5.20. The molecule has 3 rings (SSSR count). The Kier molecular flexibility index (Phi) is 5.22. The van der Waals surface area contributed by atoms with E-state index in [1.165, 1.54) is 12.1 Å². The quantitative estimate of drug-likeness (QED) is 0.881. The van der Waals surface area contributed by atoms with Gasteiger partial charge in [-0.25, -0.2) is 0 Å². The van der Waals surface area contributed by atoms with E-state index >= 15 is 0 Å². The highest BCUT2D eigenvalue weighted by atomic mass is 19.4. The van der Waals surface area contributed by atoms with Crippen LogP contribution in [0.4, 0.5) is 13.2 Å². The lowest BCUT2D eigenvalue weighted by atomic mass is 9.98. The summed E-state index contributed by atoms with van der Waals surface area (Å²) >= 11 is 0. The van der Waals surface area contributed by atoms with Gasteiger partial charge in [-0.05, 0) is 43.7 Å². The summed E-state index contributed by atoms with van der Waals surface area (Å²) in [5, 5.41) is 3.54. The average molecular weight is 356 g/mol. The number of fused-ring (bicyclic) bond motifs is 2. The molecule has 2 unspecified atom stereocenters. The van der Waals surface area contributed by atoms with Gasteiger partial charge in [0.1, 0.15) is 5.75 Å². The summed E-state index contributed by atoms with van der Waals surface area (Å²) in [6, 6.07) is 7.18. The van der Waals surface area contributed by atoms with Crippen molar-refractivity contribution in [3.63, 3.8) is 0 Å². The van der Waals surface area contributed by atoms with Crippen LogP contribution in [0.3, 0.4) is 0 Å². The Morgan fingerprint density at radius 1 is 1.24 bits per heavy atom. The van der Waals surface area contributed by atoms with Crippen LogP contribution < -0.4 is 10.1 Å². The summed E-state index contributed by atoms with van der Waals surface area (Å²) < 4.78 is 41.4. The number of nitrogens with zero attached hydrogens (tertiary/aromatic N) is 1. The Morgan fingerprint density at radius 2 is 1.88 bits per heavy atom. The average Bonchev–Trinajstić information content (AvgIpc) is 2.89. The second kappa shape index (κ2) is 7.23. The Bertz CT molecular complexity index is 609. The maximum Gasteiger partial charge on any atom is 0.573 e. The third kappa shape index (κ3) is 4.66. The first-order valence-electron chi connectivity index (χ1n) is 8.67. The number of carbonyl (C=O) groups excluding carboxylic acids is 1. The molecule has 4 nitrogen and oxygen atoms in total. The summed E-state index contributed by atoms with van der Waals surface area (Å²) in [4.78, 5) is 14.3. The number of aryl methyl sites for hydroxylation is 1. The van der Waals surface area contributed by atoms with E-state index in [2.05, 4.69) is 10.1 Å². The number of benzene rings is 1. The van der Waals surface area contributed by atoms with Gasteiger partial charge in [-0.1, -0.05) is 18.2 Å². The number of alkyl halides is 3. The van der Waals surface area contributed by atoms with Gasteiger partial charge in [0.15, 0.2) is 0 Å². The van der Waals surface area contributed by atoms with E-state index in [0.29, 0.717) is 17.6 Å². The Labute approximate surface area is 145 Å². The molecule has 138 valence electrons. The number of nitrogens with one attached hydrogen (secondary N) is 1. The second-order valence-electron chi connectivity index (χ2n) is 6.92. The molecule has 2 bridgehead atoms. The van der Waals surface area contributed by atoms with Crippen LogP contribution >= 0.6 is 0 Å². The van der Waals surface area contributed by atoms with Crippen LogP contribution in [0.15, 0.2) is 24.3 Å². The molecule has 7 heteroatoms. The van der Waals surface area contributed by atoms with Crippen molar-refractivity contribution in [2.75, 3.05) is 7.05 Å². The van der Waals surface area contributed by atoms with Crippen molar-refractivity contribution in [1.82, 2.24) is 10.2 Å². The Morgan fingerprint density at radius 3 is 2.52 bits per heavy atom. The molecule has 2 heterocycles. The molecule has 0 aromatic heterocycles. The highest BCUT2D eigenvalue weighted by Crippen LogP contribution is 2.30. The lowest BCUT2D eigenvalue weighted by Crippen LogP contribution is -2.48. The van der Waals surface area contributed by atoms with Gasteiger partial charge in [0.25, 0.3) is 0 Å². The van der Waals surface area contributed by atoms with Crippen LogP contribution in [0.2, 0.25) is 0 Å². The van der Waals surface area contributed by atoms with E-state index in [1.807, 2.05) is 0 Å². The molecule has 0 saturated carbocycles. The van der Waals surface area contributed by atoms with Crippen LogP contribution in [0.5, 0.6) is 5.75 Å². The largest absolute Gasteiger partial charge is 0.573 e. The van der Waals surface area contributed by atoms with Crippen LogP contribution in [0.25, 0.3) is 0 Å². The number of carbonyl (C=O) groups is 1. The number of hydrogen-bond donors (Lipinski definition) is 1. The van der Waals surface area contributed by atoms with Gasteiger partial charge >= 0.3 is 6.36 Å². The minimum atomic E-state index is -4.73. The summed E-state index contributed by atoms with van der Waals surface area (Å²) in [5.74, 6) is -0.265. The SMILES string of the molecule is CN(C(=O)CCc1ccccc1OC(F)(F)F)C1CC2CCC(C1)N2. The molecule has 2 atom stereocenters. The number of amides is 1. The molecule has 2 aliphatic rings. The second-order valence-corrected chi connectivity index (χ2v) is 6.92. The van der Waals surface area contributed by atoms with E-state index in [4.69, 9.17) is 0 Å². The zero-order valence-corrected chi connectivity index (χ0v) is 14.2. The normalized spacial score (nSPS) is 25.7. The first-order valence-corrected chi connectivity index (χ1v) is 8.67. The number of para-hydroxylation sites is 1. The molecule has 1 aromatic rings. The maximum atomic E-state index is 12.5. The van der Waals surface area contributed by atoms with Gasteiger partial charge in [0.05, 0.1) is 0 Å². The van der Waals surface area contributed by atoms with Gasteiger partial charge in [0, 0.05) is 31.6 Å². The number of hydrogen-bond acceptors (Lipinski definition) is 3. The van der Waals surface area contributed by atoms with Crippen LogP contribution in [0.1, 0.15) is 37.7 Å². The van der Waals surface area contributed by atoms with E-state index in [-0.39, 0.29) is 30.5 Å². The maximum absolute atomic E-state index is 12.5. The van der Waals surface area contributed by atoms with Crippen molar-refractivity contribution < 1.29 is 22.7 Å². The molecule has 1 aromatic carbocycles. The molecular weight excluding hydrogens is 333 g/mol. The van der Waals surface area contributed by atoms with Gasteiger partial charge in [0.2, 0.25) is 5.91 Å². The van der Waals surface area contributed by atoms with E-state index in [0.717, 1.165) is 25.7 Å². The van der Waals surface area contributed by atoms with Gasteiger partial charge in [-0.15, -0.1) is 13.2 Å². The molecule has 1 amide bonds. The van der Waals surface area contributed by atoms with Crippen molar-refractivity contribution in [3.8, 4) is 5.75 Å². The molecule has 0 aliphatic carbocycles. The monoisotopic (exact) mass is 356 g/mol. The molecule has 1 N–H and O–H groups in total. The van der Waals surface area contributed by atoms with Crippen LogP contribution in [-0.4, -0.2) is 42.3 Å². The van der Waals surface area contributed by atoms with E-state index < -0.39 is 6.36 Å². The minimum Gasteiger partial charge on any atom is -0.406 e. The Balaban J connectivity index is 1.57. The van der Waals surface area contributed by atoms with E-state index in [1.54, 1.807) is 24.1 Å². The molecule has 2 aliphatic heterocycles. The predicted molar refractivity (Wildman–Crippen MR) is 87.2 cm³/mol. The fraction of sp³-hybridized carbons (Fsp3) is 0.611. The van der Waals surface area contributed by atoms with Crippen LogP contribution in [0, 0.1) is 0 Å². The molecule has 25 heavy (non-hydrogen) atoms. The van der Waals surface area contributed by atoms with E-state index in [9.17, 15) is 18.0 Å². The van der Waals surface area contributed by atoms with Crippen molar-refractivity contribution >= 4 is 5.91 Å². The fourth-order valence-corrected chi connectivity index (χ4v) is 3.90. The molecule has 0 spiro atoms. The predicted octanol–water partition coefficient (Wildman–Crippen LogP) is 3.26. The number of piperidine rings is 1. The molecule has 0 radical (unpaired) electrons. The number of rotatable bonds is 5. The van der Waals surface area contributed by atoms with Crippen LogP contribution in [-0.2, 0) is 11.2 Å². The van der Waals surface area contributed by atoms with Crippen molar-refractivity contribution in [3.05, 3.63) is 29.8 Å². The zero-order chi connectivity index (χ0) is 18.0. The summed E-state index contributed by atoms with van der Waals surface area (Å²) in [7, 11) is 1.80. The highest BCUT2D eigenvalue weighted by Gasteiger charge is 2.36. The molecule has 2 saturated heterocycles. The first kappa shape index (κ1) is 18.0. The van der Waals surface area contributed by atoms with Crippen molar-refractivity contribution in [1.29, 1.82) is 0 Å². The number of ether oxygens (including phenoxy) is 1. The standard InChI is InChI=1S/C18H23F3N2O2/c1-23(15-10-13-7-8-14(11-15)22-13)17(24)9-6-12-4-2-3-5-16(12)25-18(19,20)21/h2-5,13-15,22H,6-11H2,1H3. The smallest absolute Gasteiger partial charge is 0.406 e. The number of halogens is 3. The first-order chi connectivity index (χ1) is 11.8. The van der Waals surface area contributed by atoms with Crippen molar-refractivity contribution in [2.24, 2.45) is 0 Å². The lowest BCUT2D eigenvalue weighted by molar-refractivity contribution is -0.274.